The summed E-state index contributed by atoms with van der Waals surface area (Å²) in [6, 6.07) is 5.96. The third-order valence-corrected chi connectivity index (χ3v) is 7.04. The largest absolute Gasteiger partial charge is 0.377 e. The molecule has 26 heavy (non-hydrogen) atoms. The van der Waals surface area contributed by atoms with Crippen LogP contribution in [0.3, 0.4) is 0 Å². The maximum absolute atomic E-state index is 12.8. The van der Waals surface area contributed by atoms with Crippen LogP contribution >= 0.6 is 0 Å². The normalized spacial score (nSPS) is 24.6. The van der Waals surface area contributed by atoms with Crippen LogP contribution in [0.1, 0.15) is 32.1 Å². The van der Waals surface area contributed by atoms with Gasteiger partial charge in [-0.3, -0.25) is 14.5 Å². The zero-order chi connectivity index (χ0) is 18.3. The van der Waals surface area contributed by atoms with Crippen LogP contribution in [0, 0.1) is 5.92 Å². The Morgan fingerprint density at radius 1 is 1.00 bits per heavy atom. The van der Waals surface area contributed by atoms with Gasteiger partial charge in [0.05, 0.1) is 16.7 Å². The first-order valence-electron chi connectivity index (χ1n) is 9.03. The third-order valence-electron chi connectivity index (χ3n) is 5.16. The highest BCUT2D eigenvalue weighted by Gasteiger charge is 2.35. The number of imide groups is 1. The highest BCUT2D eigenvalue weighted by Crippen LogP contribution is 2.31. The summed E-state index contributed by atoms with van der Waals surface area (Å²) < 4.78 is 32.9. The fourth-order valence-corrected chi connectivity index (χ4v) is 4.88. The number of nitrogens with zero attached hydrogens (tertiary/aromatic N) is 2. The number of anilines is 1. The molecule has 1 aliphatic carbocycles. The summed E-state index contributed by atoms with van der Waals surface area (Å²) >= 11 is 0. The molecule has 0 bridgehead atoms. The Hall–Kier alpha value is -1.77. The molecule has 3 fully saturated rings. The van der Waals surface area contributed by atoms with Crippen molar-refractivity contribution in [1.82, 2.24) is 4.31 Å². The Labute approximate surface area is 153 Å². The van der Waals surface area contributed by atoms with Crippen molar-refractivity contribution in [2.45, 2.75) is 43.1 Å². The average Bonchev–Trinajstić information content (AvgIpc) is 3.22. The summed E-state index contributed by atoms with van der Waals surface area (Å²) in [5.74, 6) is 0.158. The van der Waals surface area contributed by atoms with Crippen LogP contribution in [-0.2, 0) is 24.3 Å². The number of hydrogen-bond donors (Lipinski definition) is 0. The standard InChI is InChI=1S/C18H22N2O5S/c21-17-7-8-18(22)20(17)14-3-5-16(6-4-14)26(23,24)19-10-9-15(11-19)25-12-13-1-2-13/h3-6,13,15H,1-2,7-12H2. The molecule has 1 aromatic rings. The van der Waals surface area contributed by atoms with E-state index in [0.717, 1.165) is 11.5 Å². The zero-order valence-corrected chi connectivity index (χ0v) is 15.3. The van der Waals surface area contributed by atoms with E-state index in [9.17, 15) is 18.0 Å². The molecule has 1 unspecified atom stereocenters. The summed E-state index contributed by atoms with van der Waals surface area (Å²) in [5.41, 5.74) is 0.420. The van der Waals surface area contributed by atoms with E-state index in [0.29, 0.717) is 31.1 Å². The van der Waals surface area contributed by atoms with Gasteiger partial charge in [0.2, 0.25) is 21.8 Å². The van der Waals surface area contributed by atoms with Crippen LogP contribution in [0.25, 0.3) is 0 Å². The molecule has 140 valence electrons. The van der Waals surface area contributed by atoms with Crippen LogP contribution in [0.15, 0.2) is 29.2 Å². The molecule has 2 saturated heterocycles. The predicted octanol–water partition coefficient (Wildman–Crippen LogP) is 1.53. The lowest BCUT2D eigenvalue weighted by atomic mass is 10.3. The second-order valence-corrected chi connectivity index (χ2v) is 9.11. The van der Waals surface area contributed by atoms with Gasteiger partial charge in [0.15, 0.2) is 0 Å². The Morgan fingerprint density at radius 2 is 1.65 bits per heavy atom. The molecule has 0 spiro atoms. The van der Waals surface area contributed by atoms with E-state index in [1.807, 2.05) is 0 Å². The monoisotopic (exact) mass is 378 g/mol. The Kier molecular flexibility index (Phi) is 4.58. The quantitative estimate of drug-likeness (QED) is 0.701. The van der Waals surface area contributed by atoms with Gasteiger partial charge in [-0.2, -0.15) is 4.31 Å². The van der Waals surface area contributed by atoms with E-state index in [2.05, 4.69) is 0 Å². The number of amides is 2. The maximum Gasteiger partial charge on any atom is 0.243 e. The molecule has 0 N–H and O–H groups in total. The van der Waals surface area contributed by atoms with Gasteiger partial charge in [-0.1, -0.05) is 0 Å². The van der Waals surface area contributed by atoms with Crippen molar-refractivity contribution in [2.24, 2.45) is 5.92 Å². The minimum Gasteiger partial charge on any atom is -0.377 e. The average molecular weight is 378 g/mol. The van der Waals surface area contributed by atoms with Gasteiger partial charge >= 0.3 is 0 Å². The van der Waals surface area contributed by atoms with Crippen LogP contribution in [0.4, 0.5) is 5.69 Å². The van der Waals surface area contributed by atoms with E-state index in [4.69, 9.17) is 4.74 Å². The lowest BCUT2D eigenvalue weighted by molar-refractivity contribution is -0.121. The second kappa shape index (κ2) is 6.75. The van der Waals surface area contributed by atoms with Gasteiger partial charge in [0.1, 0.15) is 0 Å². The molecule has 7 nitrogen and oxygen atoms in total. The van der Waals surface area contributed by atoms with E-state index in [1.54, 1.807) is 0 Å². The minimum absolute atomic E-state index is 0.0375. The number of rotatable bonds is 6. The fourth-order valence-electron chi connectivity index (χ4n) is 3.39. The number of sulfonamides is 1. The first-order valence-corrected chi connectivity index (χ1v) is 10.5. The van der Waals surface area contributed by atoms with Gasteiger partial charge in [0.25, 0.3) is 0 Å². The fraction of sp³-hybridized carbons (Fsp3) is 0.556. The Balaban J connectivity index is 1.44. The van der Waals surface area contributed by atoms with Gasteiger partial charge in [0, 0.05) is 32.5 Å². The maximum atomic E-state index is 12.8. The van der Waals surface area contributed by atoms with Gasteiger partial charge in [-0.25, -0.2) is 8.42 Å². The summed E-state index contributed by atoms with van der Waals surface area (Å²) in [6.07, 6.45) is 3.50. The van der Waals surface area contributed by atoms with Crippen molar-refractivity contribution in [3.05, 3.63) is 24.3 Å². The molecule has 1 atom stereocenters. The van der Waals surface area contributed by atoms with Gasteiger partial charge < -0.3 is 4.74 Å². The number of carbonyl (C=O) groups is 2. The number of ether oxygens (including phenoxy) is 1. The first kappa shape index (κ1) is 17.6. The van der Waals surface area contributed by atoms with Crippen molar-refractivity contribution in [3.8, 4) is 0 Å². The van der Waals surface area contributed by atoms with E-state index in [-0.39, 0.29) is 35.7 Å². The van der Waals surface area contributed by atoms with Crippen molar-refractivity contribution in [3.63, 3.8) is 0 Å². The molecular formula is C18H22N2O5S. The Morgan fingerprint density at radius 3 is 2.27 bits per heavy atom. The molecule has 2 amide bonds. The third kappa shape index (κ3) is 3.41. The molecule has 4 rings (SSSR count). The smallest absolute Gasteiger partial charge is 0.243 e. The number of hydrogen-bond acceptors (Lipinski definition) is 5. The molecule has 1 aromatic carbocycles. The number of benzene rings is 1. The van der Waals surface area contributed by atoms with Gasteiger partial charge in [-0.15, -0.1) is 0 Å². The predicted molar refractivity (Wildman–Crippen MR) is 94.0 cm³/mol. The molecule has 0 radical (unpaired) electrons. The minimum atomic E-state index is -3.60. The van der Waals surface area contributed by atoms with E-state index >= 15 is 0 Å². The summed E-state index contributed by atoms with van der Waals surface area (Å²) in [4.78, 5) is 24.9. The summed E-state index contributed by atoms with van der Waals surface area (Å²) in [5, 5.41) is 0. The molecule has 1 saturated carbocycles. The van der Waals surface area contributed by atoms with Crippen molar-refractivity contribution >= 4 is 27.5 Å². The number of carbonyl (C=O) groups excluding carboxylic acids is 2. The van der Waals surface area contributed by atoms with Gasteiger partial charge in [-0.05, 0) is 49.4 Å². The lowest BCUT2D eigenvalue weighted by Crippen LogP contribution is -2.31. The summed E-state index contributed by atoms with van der Waals surface area (Å²) in [7, 11) is -3.60. The van der Waals surface area contributed by atoms with Crippen LogP contribution in [0.2, 0.25) is 0 Å². The molecule has 8 heteroatoms. The van der Waals surface area contributed by atoms with E-state index in [1.165, 1.54) is 41.4 Å². The summed E-state index contributed by atoms with van der Waals surface area (Å²) in [6.45, 7) is 1.55. The Bertz CT molecular complexity index is 800. The van der Waals surface area contributed by atoms with Crippen LogP contribution in [-0.4, -0.2) is 50.3 Å². The molecule has 2 aliphatic heterocycles. The SMILES string of the molecule is O=C1CCC(=O)N1c1ccc(S(=O)(=O)N2CCC(OCC3CC3)C2)cc1. The molecular weight excluding hydrogens is 356 g/mol. The van der Waals surface area contributed by atoms with Crippen molar-refractivity contribution in [1.29, 1.82) is 0 Å². The molecule has 2 heterocycles. The highest BCUT2D eigenvalue weighted by molar-refractivity contribution is 7.89. The topological polar surface area (TPSA) is 84.0 Å². The van der Waals surface area contributed by atoms with Crippen LogP contribution in [0.5, 0.6) is 0 Å². The molecule has 3 aliphatic rings. The van der Waals surface area contributed by atoms with E-state index < -0.39 is 10.0 Å². The second-order valence-electron chi connectivity index (χ2n) is 7.17. The highest BCUT2D eigenvalue weighted by atomic mass is 32.2. The molecule has 0 aromatic heterocycles. The zero-order valence-electron chi connectivity index (χ0n) is 14.5. The van der Waals surface area contributed by atoms with Crippen molar-refractivity contribution < 1.29 is 22.7 Å². The van der Waals surface area contributed by atoms with Crippen LogP contribution < -0.4 is 4.90 Å². The van der Waals surface area contributed by atoms with Crippen molar-refractivity contribution in [2.75, 3.05) is 24.6 Å². The lowest BCUT2D eigenvalue weighted by Gasteiger charge is -2.18. The first-order chi connectivity index (χ1) is 12.4.